The molecule has 0 N–H and O–H groups in total. The highest BCUT2D eigenvalue weighted by atomic mass is 14.2. The molecule has 0 saturated heterocycles. The zero-order chi connectivity index (χ0) is 14.5. The molecule has 0 saturated carbocycles. The topological polar surface area (TPSA) is 0 Å². The van der Waals surface area contributed by atoms with Gasteiger partial charge in [0.25, 0.3) is 0 Å². The maximum Gasteiger partial charge on any atom is -0.0102 e. The van der Waals surface area contributed by atoms with Crippen molar-refractivity contribution >= 4 is 21.5 Å². The molecule has 0 fully saturated rings. The van der Waals surface area contributed by atoms with Crippen LogP contribution in [0, 0.1) is 0 Å². The van der Waals surface area contributed by atoms with E-state index in [1.165, 1.54) is 72.9 Å². The standard InChI is InChI=1S/C22H22/c1-3-7-17-15(5-1)9-11-21-19(17)13-14-20-18-8-4-2-6-16(18)10-12-22(20)21/h9-14H,1-8H2. The summed E-state index contributed by atoms with van der Waals surface area (Å²) in [5.74, 6) is 0. The van der Waals surface area contributed by atoms with Crippen LogP contribution in [0.2, 0.25) is 0 Å². The normalized spacial score (nSPS) is 17.5. The van der Waals surface area contributed by atoms with Crippen molar-refractivity contribution in [2.45, 2.75) is 51.4 Å². The minimum atomic E-state index is 1.27. The summed E-state index contributed by atoms with van der Waals surface area (Å²) in [7, 11) is 0. The van der Waals surface area contributed by atoms with Gasteiger partial charge in [0.1, 0.15) is 0 Å². The van der Waals surface area contributed by atoms with Crippen LogP contribution >= 0.6 is 0 Å². The van der Waals surface area contributed by atoms with Crippen molar-refractivity contribution in [3.63, 3.8) is 0 Å². The number of benzene rings is 3. The van der Waals surface area contributed by atoms with Gasteiger partial charge in [-0.1, -0.05) is 36.4 Å². The van der Waals surface area contributed by atoms with Gasteiger partial charge in [-0.05, 0) is 95.2 Å². The Bertz CT molecular complexity index is 811. The van der Waals surface area contributed by atoms with Crippen molar-refractivity contribution in [2.24, 2.45) is 0 Å². The van der Waals surface area contributed by atoms with E-state index in [1.807, 2.05) is 0 Å². The van der Waals surface area contributed by atoms with Gasteiger partial charge in [0.2, 0.25) is 0 Å². The van der Waals surface area contributed by atoms with E-state index in [-0.39, 0.29) is 0 Å². The molecule has 2 aliphatic carbocycles. The first kappa shape index (κ1) is 12.7. The van der Waals surface area contributed by atoms with E-state index in [0.29, 0.717) is 0 Å². The van der Waals surface area contributed by atoms with Gasteiger partial charge in [0.05, 0.1) is 0 Å². The lowest BCUT2D eigenvalue weighted by atomic mass is 9.83. The fraction of sp³-hybridized carbons (Fsp3) is 0.364. The lowest BCUT2D eigenvalue weighted by Gasteiger charge is -2.21. The summed E-state index contributed by atoms with van der Waals surface area (Å²) in [5.41, 5.74) is 6.44. The lowest BCUT2D eigenvalue weighted by molar-refractivity contribution is 0.689. The summed E-state index contributed by atoms with van der Waals surface area (Å²) in [6.45, 7) is 0. The Morgan fingerprint density at radius 1 is 0.409 bits per heavy atom. The van der Waals surface area contributed by atoms with Crippen molar-refractivity contribution in [1.82, 2.24) is 0 Å². The van der Waals surface area contributed by atoms with Gasteiger partial charge < -0.3 is 0 Å². The maximum absolute atomic E-state index is 2.41. The van der Waals surface area contributed by atoms with Gasteiger partial charge in [0.15, 0.2) is 0 Å². The third-order valence-electron chi connectivity index (χ3n) is 5.86. The highest BCUT2D eigenvalue weighted by Crippen LogP contribution is 2.36. The Labute approximate surface area is 132 Å². The van der Waals surface area contributed by atoms with Crippen LogP contribution in [-0.2, 0) is 25.7 Å². The molecule has 0 nitrogen and oxygen atoms in total. The van der Waals surface area contributed by atoms with Gasteiger partial charge in [-0.15, -0.1) is 0 Å². The van der Waals surface area contributed by atoms with Crippen molar-refractivity contribution in [3.05, 3.63) is 58.7 Å². The second kappa shape index (κ2) is 4.84. The Kier molecular flexibility index (Phi) is 2.80. The molecule has 22 heavy (non-hydrogen) atoms. The summed E-state index contributed by atoms with van der Waals surface area (Å²) < 4.78 is 0. The smallest absolute Gasteiger partial charge is 0.0102 e. The third kappa shape index (κ3) is 1.76. The van der Waals surface area contributed by atoms with Gasteiger partial charge in [-0.25, -0.2) is 0 Å². The highest BCUT2D eigenvalue weighted by molar-refractivity contribution is 6.10. The molecule has 110 valence electrons. The first-order valence-corrected chi connectivity index (χ1v) is 8.90. The zero-order valence-electron chi connectivity index (χ0n) is 13.1. The summed E-state index contributed by atoms with van der Waals surface area (Å²) in [6.07, 6.45) is 10.5. The molecule has 0 heterocycles. The van der Waals surface area contributed by atoms with Crippen LogP contribution in [0.3, 0.4) is 0 Å². The van der Waals surface area contributed by atoms with Crippen LogP contribution < -0.4 is 0 Å². The van der Waals surface area contributed by atoms with E-state index in [1.54, 1.807) is 22.3 Å². The largest absolute Gasteiger partial charge is 0.0581 e. The summed E-state index contributed by atoms with van der Waals surface area (Å²) in [4.78, 5) is 0. The van der Waals surface area contributed by atoms with Crippen LogP contribution in [0.5, 0.6) is 0 Å². The van der Waals surface area contributed by atoms with Gasteiger partial charge in [-0.3, -0.25) is 0 Å². The molecule has 0 spiro atoms. The van der Waals surface area contributed by atoms with Crippen LogP contribution in [-0.4, -0.2) is 0 Å². The molecule has 0 aromatic heterocycles. The van der Waals surface area contributed by atoms with Crippen molar-refractivity contribution < 1.29 is 0 Å². The number of hydrogen-bond acceptors (Lipinski definition) is 0. The molecule has 5 rings (SSSR count). The van der Waals surface area contributed by atoms with Gasteiger partial charge in [-0.2, -0.15) is 0 Å². The lowest BCUT2D eigenvalue weighted by Crippen LogP contribution is -2.05. The maximum atomic E-state index is 2.41. The van der Waals surface area contributed by atoms with E-state index in [9.17, 15) is 0 Å². The van der Waals surface area contributed by atoms with Crippen molar-refractivity contribution in [2.75, 3.05) is 0 Å². The Morgan fingerprint density at radius 2 is 0.818 bits per heavy atom. The Balaban J connectivity index is 1.85. The molecule has 0 atom stereocenters. The monoisotopic (exact) mass is 286 g/mol. The fourth-order valence-electron chi connectivity index (χ4n) is 4.73. The SMILES string of the molecule is c1cc2c(ccc3c4c(ccc32)CCCC4)c2c1CCCC2. The molecule has 0 heteroatoms. The molecule has 0 aliphatic heterocycles. The van der Waals surface area contributed by atoms with Crippen molar-refractivity contribution in [1.29, 1.82) is 0 Å². The molecular formula is C22H22. The predicted molar refractivity (Wildman–Crippen MR) is 94.7 cm³/mol. The fourth-order valence-corrected chi connectivity index (χ4v) is 4.73. The van der Waals surface area contributed by atoms with Gasteiger partial charge >= 0.3 is 0 Å². The minimum absolute atomic E-state index is 1.27. The quantitative estimate of drug-likeness (QED) is 0.461. The predicted octanol–water partition coefficient (Wildman–Crippen LogP) is 5.75. The van der Waals surface area contributed by atoms with Crippen LogP contribution in [0.4, 0.5) is 0 Å². The van der Waals surface area contributed by atoms with E-state index in [0.717, 1.165) is 0 Å². The average molecular weight is 286 g/mol. The molecular weight excluding hydrogens is 264 g/mol. The molecule has 0 bridgehead atoms. The highest BCUT2D eigenvalue weighted by Gasteiger charge is 2.16. The molecule has 0 unspecified atom stereocenters. The average Bonchev–Trinajstić information content (AvgIpc) is 2.60. The van der Waals surface area contributed by atoms with E-state index >= 15 is 0 Å². The molecule has 2 aliphatic rings. The van der Waals surface area contributed by atoms with Crippen LogP contribution in [0.25, 0.3) is 21.5 Å². The first-order valence-electron chi connectivity index (χ1n) is 8.90. The Morgan fingerprint density at radius 3 is 1.32 bits per heavy atom. The summed E-state index contributed by atoms with van der Waals surface area (Å²) in [5, 5.41) is 5.99. The number of hydrogen-bond donors (Lipinski definition) is 0. The van der Waals surface area contributed by atoms with E-state index in [4.69, 9.17) is 0 Å². The second-order valence-electron chi connectivity index (χ2n) is 7.08. The van der Waals surface area contributed by atoms with E-state index in [2.05, 4.69) is 36.4 Å². The third-order valence-corrected chi connectivity index (χ3v) is 5.86. The number of fused-ring (bicyclic) bond motifs is 7. The number of rotatable bonds is 0. The Hall–Kier alpha value is -1.82. The van der Waals surface area contributed by atoms with E-state index < -0.39 is 0 Å². The zero-order valence-corrected chi connectivity index (χ0v) is 13.1. The summed E-state index contributed by atoms with van der Waals surface area (Å²) >= 11 is 0. The van der Waals surface area contributed by atoms with Crippen LogP contribution in [0.1, 0.15) is 47.9 Å². The minimum Gasteiger partial charge on any atom is -0.0581 e. The van der Waals surface area contributed by atoms with Crippen molar-refractivity contribution in [3.8, 4) is 0 Å². The van der Waals surface area contributed by atoms with Crippen LogP contribution in [0.15, 0.2) is 36.4 Å². The molecule has 3 aromatic rings. The molecule has 0 amide bonds. The molecule has 3 aromatic carbocycles. The van der Waals surface area contributed by atoms with Gasteiger partial charge in [0, 0.05) is 0 Å². The first-order chi connectivity index (χ1) is 10.9. The second-order valence-corrected chi connectivity index (χ2v) is 7.08. The molecule has 0 radical (unpaired) electrons. The summed E-state index contributed by atoms with van der Waals surface area (Å²) in [6, 6.07) is 14.4. The number of aryl methyl sites for hydroxylation is 4.